The van der Waals surface area contributed by atoms with Gasteiger partial charge in [-0.05, 0) is 24.0 Å². The Bertz CT molecular complexity index is 384. The van der Waals surface area contributed by atoms with Crippen LogP contribution in [-0.4, -0.2) is 16.2 Å². The van der Waals surface area contributed by atoms with E-state index in [4.69, 9.17) is 11.6 Å². The van der Waals surface area contributed by atoms with Crippen LogP contribution in [0.15, 0.2) is 6.07 Å². The van der Waals surface area contributed by atoms with E-state index in [0.717, 1.165) is 10.7 Å². The third-order valence-electron chi connectivity index (χ3n) is 2.51. The van der Waals surface area contributed by atoms with E-state index in [2.05, 4.69) is 30.5 Å². The Labute approximate surface area is 112 Å². The number of carbonyl (C=O) groups is 1. The fraction of sp³-hybridized carbons (Fsp3) is 0.667. The monoisotopic (exact) mass is 274 g/mol. The van der Waals surface area contributed by atoms with Crippen molar-refractivity contribution in [3.05, 3.63) is 11.8 Å². The molecule has 5 heteroatoms. The molecule has 0 saturated heterocycles. The van der Waals surface area contributed by atoms with Crippen molar-refractivity contribution >= 4 is 34.0 Å². The van der Waals surface area contributed by atoms with Gasteiger partial charge in [-0.15, -0.1) is 11.6 Å². The molecule has 0 saturated carbocycles. The lowest BCUT2D eigenvalue weighted by Gasteiger charge is -2.14. The maximum absolute atomic E-state index is 11.8. The SMILES string of the molecule is CC(CCCl)C(=O)Nc1cc(C(C)(C)C)ns1. The first-order valence-corrected chi connectivity index (χ1v) is 6.99. The number of aromatic nitrogens is 1. The summed E-state index contributed by atoms with van der Waals surface area (Å²) in [5.41, 5.74) is 1.02. The van der Waals surface area contributed by atoms with Crippen LogP contribution < -0.4 is 5.32 Å². The van der Waals surface area contributed by atoms with Crippen molar-refractivity contribution in [3.63, 3.8) is 0 Å². The van der Waals surface area contributed by atoms with Crippen LogP contribution >= 0.6 is 23.1 Å². The van der Waals surface area contributed by atoms with Crippen LogP contribution in [0.5, 0.6) is 0 Å². The molecule has 0 radical (unpaired) electrons. The zero-order chi connectivity index (χ0) is 13.1. The van der Waals surface area contributed by atoms with Crippen molar-refractivity contribution in [2.24, 2.45) is 5.92 Å². The fourth-order valence-corrected chi connectivity index (χ4v) is 2.39. The molecule has 0 aliphatic rings. The number of nitrogens with zero attached hydrogens (tertiary/aromatic N) is 1. The summed E-state index contributed by atoms with van der Waals surface area (Å²) in [5, 5.41) is 3.68. The Hall–Kier alpha value is -0.610. The zero-order valence-electron chi connectivity index (χ0n) is 10.7. The van der Waals surface area contributed by atoms with E-state index in [9.17, 15) is 4.79 Å². The number of hydrogen-bond donors (Lipinski definition) is 1. The van der Waals surface area contributed by atoms with Gasteiger partial charge < -0.3 is 5.32 Å². The van der Waals surface area contributed by atoms with Crippen molar-refractivity contribution < 1.29 is 4.79 Å². The summed E-state index contributed by atoms with van der Waals surface area (Å²) in [6, 6.07) is 1.94. The predicted molar refractivity (Wildman–Crippen MR) is 73.9 cm³/mol. The minimum absolute atomic E-state index is 0.00904. The molecule has 1 N–H and O–H groups in total. The highest BCUT2D eigenvalue weighted by atomic mass is 35.5. The smallest absolute Gasteiger partial charge is 0.227 e. The molecule has 1 atom stereocenters. The Kier molecular flexibility index (Phi) is 4.95. The molecule has 17 heavy (non-hydrogen) atoms. The predicted octanol–water partition coefficient (Wildman–Crippen LogP) is 3.64. The number of hydrogen-bond acceptors (Lipinski definition) is 3. The normalized spacial score (nSPS) is 13.5. The van der Waals surface area contributed by atoms with Crippen LogP contribution in [0, 0.1) is 5.92 Å². The van der Waals surface area contributed by atoms with E-state index in [1.807, 2.05) is 13.0 Å². The van der Waals surface area contributed by atoms with Crippen LogP contribution in [0.3, 0.4) is 0 Å². The Morgan fingerprint density at radius 2 is 2.24 bits per heavy atom. The lowest BCUT2D eigenvalue weighted by atomic mass is 9.92. The average Bonchev–Trinajstić information content (AvgIpc) is 2.66. The third-order valence-corrected chi connectivity index (χ3v) is 3.44. The van der Waals surface area contributed by atoms with E-state index < -0.39 is 0 Å². The maximum atomic E-state index is 11.8. The summed E-state index contributed by atoms with van der Waals surface area (Å²) in [6.45, 7) is 8.18. The van der Waals surface area contributed by atoms with Gasteiger partial charge in [0, 0.05) is 17.2 Å². The van der Waals surface area contributed by atoms with Crippen LogP contribution in [0.25, 0.3) is 0 Å². The lowest BCUT2D eigenvalue weighted by molar-refractivity contribution is -0.119. The summed E-state index contributed by atoms with van der Waals surface area (Å²) < 4.78 is 4.35. The largest absolute Gasteiger partial charge is 0.316 e. The topological polar surface area (TPSA) is 42.0 Å². The molecule has 0 aliphatic heterocycles. The van der Waals surface area contributed by atoms with E-state index in [0.29, 0.717) is 12.3 Å². The second kappa shape index (κ2) is 5.83. The van der Waals surface area contributed by atoms with Gasteiger partial charge in [0.1, 0.15) is 5.00 Å². The minimum atomic E-state index is -0.0623. The first-order valence-electron chi connectivity index (χ1n) is 5.68. The molecule has 1 rings (SSSR count). The van der Waals surface area contributed by atoms with E-state index in [1.54, 1.807) is 0 Å². The zero-order valence-corrected chi connectivity index (χ0v) is 12.3. The van der Waals surface area contributed by atoms with E-state index in [1.165, 1.54) is 11.5 Å². The van der Waals surface area contributed by atoms with Gasteiger partial charge in [0.25, 0.3) is 0 Å². The Morgan fingerprint density at radius 3 is 2.71 bits per heavy atom. The fourth-order valence-electron chi connectivity index (χ4n) is 1.23. The van der Waals surface area contributed by atoms with E-state index in [-0.39, 0.29) is 17.2 Å². The number of amides is 1. The molecule has 1 aromatic rings. The number of alkyl halides is 1. The van der Waals surface area contributed by atoms with Crippen LogP contribution in [-0.2, 0) is 10.2 Å². The van der Waals surface area contributed by atoms with Crippen LogP contribution in [0.1, 0.15) is 39.8 Å². The Morgan fingerprint density at radius 1 is 1.59 bits per heavy atom. The van der Waals surface area contributed by atoms with Crippen molar-refractivity contribution in [2.45, 2.75) is 39.5 Å². The standard InChI is InChI=1S/C12H19ClN2OS/c1-8(5-6-13)11(16)14-10-7-9(15-17-10)12(2,3)4/h7-8H,5-6H2,1-4H3,(H,14,16). The lowest BCUT2D eigenvalue weighted by Crippen LogP contribution is -2.20. The van der Waals surface area contributed by atoms with Gasteiger partial charge in [0.2, 0.25) is 5.91 Å². The second-order valence-electron chi connectivity index (χ2n) is 5.19. The number of anilines is 1. The van der Waals surface area contributed by atoms with Gasteiger partial charge >= 0.3 is 0 Å². The molecular formula is C12H19ClN2OS. The highest BCUT2D eigenvalue weighted by molar-refractivity contribution is 7.10. The summed E-state index contributed by atoms with van der Waals surface area (Å²) in [4.78, 5) is 11.8. The molecule has 1 amide bonds. The highest BCUT2D eigenvalue weighted by Gasteiger charge is 2.19. The van der Waals surface area contributed by atoms with E-state index >= 15 is 0 Å². The summed E-state index contributed by atoms with van der Waals surface area (Å²) >= 11 is 6.94. The van der Waals surface area contributed by atoms with Gasteiger partial charge in [0.05, 0.1) is 5.69 Å². The molecule has 1 aromatic heterocycles. The average molecular weight is 275 g/mol. The van der Waals surface area contributed by atoms with Crippen molar-refractivity contribution in [2.75, 3.05) is 11.2 Å². The molecule has 96 valence electrons. The first kappa shape index (κ1) is 14.5. The molecule has 3 nitrogen and oxygen atoms in total. The summed E-state index contributed by atoms with van der Waals surface area (Å²) in [7, 11) is 0. The molecule has 0 bridgehead atoms. The van der Waals surface area contributed by atoms with Gasteiger partial charge in [-0.1, -0.05) is 27.7 Å². The van der Waals surface area contributed by atoms with Gasteiger partial charge in [0.15, 0.2) is 0 Å². The van der Waals surface area contributed by atoms with Gasteiger partial charge in [-0.2, -0.15) is 4.37 Å². The number of rotatable bonds is 4. The van der Waals surface area contributed by atoms with Crippen molar-refractivity contribution in [1.29, 1.82) is 0 Å². The third kappa shape index (κ3) is 4.28. The highest BCUT2D eigenvalue weighted by Crippen LogP contribution is 2.27. The second-order valence-corrected chi connectivity index (χ2v) is 6.38. The summed E-state index contributed by atoms with van der Waals surface area (Å²) in [6.07, 6.45) is 0.693. The number of nitrogens with one attached hydrogen (secondary N) is 1. The molecule has 1 heterocycles. The van der Waals surface area contributed by atoms with Crippen LogP contribution in [0.4, 0.5) is 5.00 Å². The summed E-state index contributed by atoms with van der Waals surface area (Å²) in [5.74, 6) is 0.451. The molecule has 1 unspecified atom stereocenters. The molecule has 0 aliphatic carbocycles. The first-order chi connectivity index (χ1) is 7.84. The Balaban J connectivity index is 2.64. The van der Waals surface area contributed by atoms with Crippen molar-refractivity contribution in [3.8, 4) is 0 Å². The molecular weight excluding hydrogens is 256 g/mol. The quantitative estimate of drug-likeness (QED) is 0.852. The van der Waals surface area contributed by atoms with Gasteiger partial charge in [-0.25, -0.2) is 0 Å². The molecule has 0 aromatic carbocycles. The number of halogens is 1. The maximum Gasteiger partial charge on any atom is 0.227 e. The van der Waals surface area contributed by atoms with Crippen molar-refractivity contribution in [1.82, 2.24) is 4.37 Å². The molecule has 0 spiro atoms. The molecule has 0 fully saturated rings. The minimum Gasteiger partial charge on any atom is -0.316 e. The number of carbonyl (C=O) groups excluding carboxylic acids is 1. The van der Waals surface area contributed by atoms with Gasteiger partial charge in [-0.3, -0.25) is 4.79 Å². The van der Waals surface area contributed by atoms with Crippen LogP contribution in [0.2, 0.25) is 0 Å².